The van der Waals surface area contributed by atoms with Gasteiger partial charge < -0.3 is 10.1 Å². The molecule has 0 aliphatic rings. The highest BCUT2D eigenvalue weighted by molar-refractivity contribution is 9.10. The third-order valence-electron chi connectivity index (χ3n) is 1.98. The van der Waals surface area contributed by atoms with Crippen molar-refractivity contribution < 1.29 is 18.3 Å². The Morgan fingerprint density at radius 3 is 2.62 bits per heavy atom. The van der Waals surface area contributed by atoms with Crippen LogP contribution in [0.5, 0.6) is 0 Å². The van der Waals surface area contributed by atoms with Gasteiger partial charge in [-0.15, -0.1) is 0 Å². The Kier molecular flexibility index (Phi) is 4.37. The monoisotopic (exact) mass is 293 g/mol. The molecule has 1 aromatic rings. The lowest BCUT2D eigenvalue weighted by Gasteiger charge is -2.12. The summed E-state index contributed by atoms with van der Waals surface area (Å²) in [5.41, 5.74) is -0.102. The quantitative estimate of drug-likeness (QED) is 0.931. The number of nitrogens with one attached hydrogen (secondary N) is 1. The Hall–Kier alpha value is -1.01. The molecule has 1 aromatic carbocycles. The van der Waals surface area contributed by atoms with Crippen LogP contribution in [0.4, 0.5) is 14.5 Å². The average Bonchev–Trinajstić information content (AvgIpc) is 2.21. The number of carbonyl (C=O) groups is 1. The van der Waals surface area contributed by atoms with Gasteiger partial charge in [0.15, 0.2) is 5.82 Å². The zero-order valence-corrected chi connectivity index (χ0v) is 10.3. The van der Waals surface area contributed by atoms with E-state index in [4.69, 9.17) is 4.74 Å². The molecule has 88 valence electrons. The molecule has 1 unspecified atom stereocenters. The van der Waals surface area contributed by atoms with Crippen LogP contribution < -0.4 is 5.32 Å². The van der Waals surface area contributed by atoms with Crippen molar-refractivity contribution in [3.63, 3.8) is 0 Å². The number of anilines is 1. The number of methoxy groups -OCH3 is 1. The van der Waals surface area contributed by atoms with Crippen LogP contribution in [-0.2, 0) is 9.53 Å². The Labute approximate surface area is 99.9 Å². The van der Waals surface area contributed by atoms with Gasteiger partial charge in [0.1, 0.15) is 11.9 Å². The fourth-order valence-electron chi connectivity index (χ4n) is 0.993. The van der Waals surface area contributed by atoms with Crippen molar-refractivity contribution in [2.24, 2.45) is 0 Å². The first-order chi connectivity index (χ1) is 7.45. The lowest BCUT2D eigenvalue weighted by Crippen LogP contribution is -2.27. The number of ether oxygens (including phenoxy) is 1. The van der Waals surface area contributed by atoms with Gasteiger partial charge in [-0.05, 0) is 28.9 Å². The SMILES string of the molecule is COC(C)C(=O)Nc1c(F)cc(F)cc1Br. The summed E-state index contributed by atoms with van der Waals surface area (Å²) in [6, 6.07) is 1.76. The summed E-state index contributed by atoms with van der Waals surface area (Å²) in [7, 11) is 1.36. The summed E-state index contributed by atoms with van der Waals surface area (Å²) in [5.74, 6) is -2.07. The fourth-order valence-corrected chi connectivity index (χ4v) is 1.50. The van der Waals surface area contributed by atoms with Crippen molar-refractivity contribution in [3.8, 4) is 0 Å². The van der Waals surface area contributed by atoms with Gasteiger partial charge in [0.2, 0.25) is 0 Å². The summed E-state index contributed by atoms with van der Waals surface area (Å²) in [6.45, 7) is 1.52. The van der Waals surface area contributed by atoms with E-state index in [0.29, 0.717) is 6.07 Å². The van der Waals surface area contributed by atoms with Gasteiger partial charge >= 0.3 is 0 Å². The Balaban J connectivity index is 2.93. The molecule has 0 fully saturated rings. The molecule has 0 aromatic heterocycles. The number of benzene rings is 1. The van der Waals surface area contributed by atoms with E-state index in [1.165, 1.54) is 14.0 Å². The molecule has 1 N–H and O–H groups in total. The van der Waals surface area contributed by atoms with E-state index in [2.05, 4.69) is 21.2 Å². The number of carbonyl (C=O) groups excluding carboxylic acids is 1. The normalized spacial score (nSPS) is 12.3. The maximum Gasteiger partial charge on any atom is 0.253 e. The molecule has 0 saturated carbocycles. The first-order valence-corrected chi connectivity index (χ1v) is 5.23. The predicted octanol–water partition coefficient (Wildman–Crippen LogP) is 2.70. The van der Waals surface area contributed by atoms with E-state index in [1.807, 2.05) is 0 Å². The number of hydrogen-bond donors (Lipinski definition) is 1. The van der Waals surface area contributed by atoms with Gasteiger partial charge in [-0.2, -0.15) is 0 Å². The highest BCUT2D eigenvalue weighted by atomic mass is 79.9. The van der Waals surface area contributed by atoms with Gasteiger partial charge in [-0.25, -0.2) is 8.78 Å². The number of halogens is 3. The number of amides is 1. The summed E-state index contributed by atoms with van der Waals surface area (Å²) in [4.78, 5) is 11.4. The zero-order valence-electron chi connectivity index (χ0n) is 8.68. The molecule has 16 heavy (non-hydrogen) atoms. The molecule has 0 aliphatic carbocycles. The Bertz CT molecular complexity index is 389. The summed E-state index contributed by atoms with van der Waals surface area (Å²) < 4.78 is 31.0. The molecular formula is C10H10BrF2NO2. The largest absolute Gasteiger partial charge is 0.372 e. The topological polar surface area (TPSA) is 38.3 Å². The van der Waals surface area contributed by atoms with E-state index < -0.39 is 23.6 Å². The maximum atomic E-state index is 13.3. The first kappa shape index (κ1) is 13.1. The van der Waals surface area contributed by atoms with E-state index in [9.17, 15) is 13.6 Å². The summed E-state index contributed by atoms with van der Waals surface area (Å²) in [5, 5.41) is 2.30. The molecule has 0 saturated heterocycles. The summed E-state index contributed by atoms with van der Waals surface area (Å²) in [6.07, 6.45) is -0.712. The minimum absolute atomic E-state index is 0.102. The van der Waals surface area contributed by atoms with Crippen LogP contribution in [0.2, 0.25) is 0 Å². The van der Waals surface area contributed by atoms with Crippen molar-refractivity contribution in [2.75, 3.05) is 12.4 Å². The minimum atomic E-state index is -0.844. The second-order valence-electron chi connectivity index (χ2n) is 3.11. The predicted molar refractivity (Wildman–Crippen MR) is 59.2 cm³/mol. The van der Waals surface area contributed by atoms with Crippen LogP contribution in [0, 0.1) is 11.6 Å². The lowest BCUT2D eigenvalue weighted by atomic mass is 10.2. The van der Waals surface area contributed by atoms with Crippen molar-refractivity contribution in [1.82, 2.24) is 0 Å². The summed E-state index contributed by atoms with van der Waals surface area (Å²) >= 11 is 2.96. The molecule has 0 spiro atoms. The van der Waals surface area contributed by atoms with Crippen LogP contribution in [0.1, 0.15) is 6.92 Å². The standard InChI is InChI=1S/C10H10BrF2NO2/c1-5(16-2)10(15)14-9-7(11)3-6(12)4-8(9)13/h3-5H,1-2H3,(H,14,15). The van der Waals surface area contributed by atoms with Gasteiger partial charge in [-0.3, -0.25) is 4.79 Å². The van der Waals surface area contributed by atoms with Crippen LogP contribution in [0.3, 0.4) is 0 Å². The van der Waals surface area contributed by atoms with E-state index >= 15 is 0 Å². The third kappa shape index (κ3) is 2.99. The van der Waals surface area contributed by atoms with Crippen molar-refractivity contribution in [1.29, 1.82) is 0 Å². The highest BCUT2D eigenvalue weighted by Gasteiger charge is 2.16. The first-order valence-electron chi connectivity index (χ1n) is 4.44. The van der Waals surface area contributed by atoms with Crippen molar-refractivity contribution in [2.45, 2.75) is 13.0 Å². The third-order valence-corrected chi connectivity index (χ3v) is 2.60. The van der Waals surface area contributed by atoms with E-state index in [1.54, 1.807) is 0 Å². The molecule has 1 amide bonds. The lowest BCUT2D eigenvalue weighted by molar-refractivity contribution is -0.124. The minimum Gasteiger partial charge on any atom is -0.372 e. The van der Waals surface area contributed by atoms with Crippen LogP contribution in [-0.4, -0.2) is 19.1 Å². The molecular weight excluding hydrogens is 284 g/mol. The molecule has 0 heterocycles. The second kappa shape index (κ2) is 5.36. The highest BCUT2D eigenvalue weighted by Crippen LogP contribution is 2.26. The molecule has 1 rings (SSSR count). The number of hydrogen-bond acceptors (Lipinski definition) is 2. The Morgan fingerprint density at radius 2 is 2.12 bits per heavy atom. The molecule has 0 radical (unpaired) electrons. The fraction of sp³-hybridized carbons (Fsp3) is 0.300. The zero-order chi connectivity index (χ0) is 12.3. The van der Waals surface area contributed by atoms with Gasteiger partial charge in [0.05, 0.1) is 5.69 Å². The molecule has 0 aliphatic heterocycles. The molecule has 3 nitrogen and oxygen atoms in total. The second-order valence-corrected chi connectivity index (χ2v) is 3.97. The van der Waals surface area contributed by atoms with E-state index in [0.717, 1.165) is 6.07 Å². The molecule has 6 heteroatoms. The van der Waals surface area contributed by atoms with Gasteiger partial charge in [-0.1, -0.05) is 0 Å². The van der Waals surface area contributed by atoms with Crippen molar-refractivity contribution in [3.05, 3.63) is 28.2 Å². The van der Waals surface area contributed by atoms with Gasteiger partial charge in [0, 0.05) is 17.6 Å². The maximum absolute atomic E-state index is 13.3. The number of rotatable bonds is 3. The van der Waals surface area contributed by atoms with Crippen LogP contribution in [0.15, 0.2) is 16.6 Å². The van der Waals surface area contributed by atoms with Crippen molar-refractivity contribution >= 4 is 27.5 Å². The Morgan fingerprint density at radius 1 is 1.50 bits per heavy atom. The molecule has 1 atom stereocenters. The van der Waals surface area contributed by atoms with E-state index in [-0.39, 0.29) is 10.2 Å². The van der Waals surface area contributed by atoms with Crippen LogP contribution in [0.25, 0.3) is 0 Å². The van der Waals surface area contributed by atoms with Gasteiger partial charge in [0.25, 0.3) is 5.91 Å². The smallest absolute Gasteiger partial charge is 0.253 e. The average molecular weight is 294 g/mol. The van der Waals surface area contributed by atoms with Crippen LogP contribution >= 0.6 is 15.9 Å². The molecule has 0 bridgehead atoms.